The van der Waals surface area contributed by atoms with Gasteiger partial charge in [-0.05, 0) is 42.0 Å². The van der Waals surface area contributed by atoms with Crippen molar-refractivity contribution in [2.45, 2.75) is 35.7 Å². The molecule has 1 amide bonds. The van der Waals surface area contributed by atoms with E-state index >= 15 is 0 Å². The van der Waals surface area contributed by atoms with Crippen LogP contribution >= 0.6 is 23.1 Å². The molecule has 1 unspecified atom stereocenters. The Morgan fingerprint density at radius 2 is 1.77 bits per heavy atom. The van der Waals surface area contributed by atoms with E-state index in [0.717, 1.165) is 35.1 Å². The fraction of sp³-hybridized carbons (Fsp3) is 0.208. The average molecular weight is 447 g/mol. The zero-order valence-electron chi connectivity index (χ0n) is 16.8. The van der Waals surface area contributed by atoms with Gasteiger partial charge in [0.25, 0.3) is 0 Å². The largest absolute Gasteiger partial charge is 0.352 e. The smallest absolute Gasteiger partial charge is 0.238 e. The van der Waals surface area contributed by atoms with E-state index in [-0.39, 0.29) is 11.2 Å². The second-order valence-corrected chi connectivity index (χ2v) is 9.62. The van der Waals surface area contributed by atoms with Gasteiger partial charge in [-0.2, -0.15) is 0 Å². The highest BCUT2D eigenvalue weighted by Gasteiger charge is 2.31. The van der Waals surface area contributed by atoms with E-state index in [1.165, 1.54) is 16.6 Å². The summed E-state index contributed by atoms with van der Waals surface area (Å²) in [7, 11) is 0. The number of hydrogen-bond donors (Lipinski definition) is 1. The quantitative estimate of drug-likeness (QED) is 0.386. The minimum atomic E-state index is -0.386. The molecule has 1 saturated carbocycles. The van der Waals surface area contributed by atoms with Crippen LogP contribution < -0.4 is 5.32 Å². The molecule has 1 aliphatic rings. The van der Waals surface area contributed by atoms with Gasteiger partial charge in [0, 0.05) is 23.0 Å². The number of rotatable bonds is 8. The molecule has 1 N–H and O–H groups in total. The van der Waals surface area contributed by atoms with E-state index in [0.29, 0.717) is 12.5 Å². The summed E-state index contributed by atoms with van der Waals surface area (Å²) < 4.78 is 2.07. The number of para-hydroxylation sites is 1. The third-order valence-electron chi connectivity index (χ3n) is 5.11. The van der Waals surface area contributed by atoms with Crippen LogP contribution in [0.3, 0.4) is 0 Å². The van der Waals surface area contributed by atoms with Gasteiger partial charge in [-0.3, -0.25) is 9.36 Å². The summed E-state index contributed by atoms with van der Waals surface area (Å²) in [6, 6.07) is 24.5. The molecular formula is C24H22N4OS2. The molecule has 31 heavy (non-hydrogen) atoms. The van der Waals surface area contributed by atoms with Crippen molar-refractivity contribution >= 4 is 29.0 Å². The zero-order chi connectivity index (χ0) is 21.0. The van der Waals surface area contributed by atoms with Crippen molar-refractivity contribution in [3.63, 3.8) is 0 Å². The van der Waals surface area contributed by atoms with Gasteiger partial charge in [0.05, 0.1) is 0 Å². The summed E-state index contributed by atoms with van der Waals surface area (Å²) >= 11 is 3.16. The highest BCUT2D eigenvalue weighted by molar-refractivity contribution is 8.00. The number of aromatic nitrogens is 3. The average Bonchev–Trinajstić information content (AvgIpc) is 3.31. The van der Waals surface area contributed by atoms with Gasteiger partial charge in [-0.15, -0.1) is 21.5 Å². The van der Waals surface area contributed by atoms with Gasteiger partial charge in [-0.1, -0.05) is 66.4 Å². The number of carbonyl (C=O) groups excluding carboxylic acids is 1. The van der Waals surface area contributed by atoms with E-state index in [1.807, 2.05) is 66.7 Å². The number of hydrogen-bond acceptors (Lipinski definition) is 5. The molecule has 4 aromatic rings. The van der Waals surface area contributed by atoms with Crippen LogP contribution in [0.1, 0.15) is 34.4 Å². The lowest BCUT2D eigenvalue weighted by molar-refractivity contribution is -0.120. The Labute approximate surface area is 189 Å². The molecule has 1 aliphatic carbocycles. The Morgan fingerprint density at radius 3 is 2.45 bits per heavy atom. The minimum Gasteiger partial charge on any atom is -0.352 e. The molecule has 0 aliphatic heterocycles. The normalized spacial score (nSPS) is 14.3. The molecule has 5 rings (SSSR count). The lowest BCUT2D eigenvalue weighted by Crippen LogP contribution is -2.30. The summed E-state index contributed by atoms with van der Waals surface area (Å²) in [5.74, 6) is 0.895. The first-order valence-corrected chi connectivity index (χ1v) is 12.1. The second kappa shape index (κ2) is 9.08. The molecule has 0 radical (unpaired) electrons. The van der Waals surface area contributed by atoms with E-state index in [2.05, 4.69) is 31.5 Å². The van der Waals surface area contributed by atoms with Crippen LogP contribution in [0.15, 0.2) is 83.3 Å². The van der Waals surface area contributed by atoms with Crippen molar-refractivity contribution in [2.75, 3.05) is 0 Å². The highest BCUT2D eigenvalue weighted by Crippen LogP contribution is 2.37. The van der Waals surface area contributed by atoms with Gasteiger partial charge in [0.1, 0.15) is 11.1 Å². The SMILES string of the molecule is O=C(NC1CC1)C(Sc1nnc(Cc2cccs2)n1-c1ccccc1)c1ccccc1. The number of benzene rings is 2. The predicted octanol–water partition coefficient (Wildman–Crippen LogP) is 5.03. The second-order valence-electron chi connectivity index (χ2n) is 7.52. The van der Waals surface area contributed by atoms with Gasteiger partial charge < -0.3 is 5.32 Å². The molecule has 1 atom stereocenters. The molecule has 156 valence electrons. The molecule has 0 spiro atoms. The Bertz CT molecular complexity index is 1140. The molecule has 2 aromatic heterocycles. The highest BCUT2D eigenvalue weighted by atomic mass is 32.2. The molecule has 5 nitrogen and oxygen atoms in total. The number of carbonyl (C=O) groups is 1. The molecule has 7 heteroatoms. The van der Waals surface area contributed by atoms with Crippen LogP contribution in [0.2, 0.25) is 0 Å². The van der Waals surface area contributed by atoms with Gasteiger partial charge >= 0.3 is 0 Å². The van der Waals surface area contributed by atoms with Gasteiger partial charge in [-0.25, -0.2) is 0 Å². The minimum absolute atomic E-state index is 0.0288. The maximum atomic E-state index is 13.1. The van der Waals surface area contributed by atoms with E-state index in [9.17, 15) is 4.79 Å². The first-order chi connectivity index (χ1) is 15.3. The van der Waals surface area contributed by atoms with Gasteiger partial charge in [0.2, 0.25) is 5.91 Å². The lowest BCUT2D eigenvalue weighted by atomic mass is 10.1. The monoisotopic (exact) mass is 446 g/mol. The van der Waals surface area contributed by atoms with Crippen molar-refractivity contribution in [1.82, 2.24) is 20.1 Å². The zero-order valence-corrected chi connectivity index (χ0v) is 18.5. The Balaban J connectivity index is 1.51. The van der Waals surface area contributed by atoms with Crippen LogP contribution in [0.5, 0.6) is 0 Å². The maximum Gasteiger partial charge on any atom is 0.238 e. The van der Waals surface area contributed by atoms with Gasteiger partial charge in [0.15, 0.2) is 5.16 Å². The standard InChI is InChI=1S/C24H22N4OS2/c29-23(25-18-13-14-18)22(17-8-3-1-4-9-17)31-24-27-26-21(16-20-12-7-15-30-20)28(24)19-10-5-2-6-11-19/h1-12,15,18,22H,13-14,16H2,(H,25,29). The molecule has 0 bridgehead atoms. The lowest BCUT2D eigenvalue weighted by Gasteiger charge is -2.17. The van der Waals surface area contributed by atoms with Crippen molar-refractivity contribution in [3.05, 3.63) is 94.4 Å². The summed E-state index contributed by atoms with van der Waals surface area (Å²) in [6.07, 6.45) is 2.82. The van der Waals surface area contributed by atoms with Crippen LogP contribution in [0.25, 0.3) is 5.69 Å². The van der Waals surface area contributed by atoms with Crippen LogP contribution in [0, 0.1) is 0 Å². The van der Waals surface area contributed by atoms with Crippen LogP contribution in [-0.2, 0) is 11.2 Å². The topological polar surface area (TPSA) is 59.8 Å². The first-order valence-electron chi connectivity index (χ1n) is 10.3. The number of thioether (sulfide) groups is 1. The van der Waals surface area contributed by atoms with E-state index < -0.39 is 0 Å². The summed E-state index contributed by atoms with van der Waals surface area (Å²) in [4.78, 5) is 14.4. The number of amides is 1. The van der Waals surface area contributed by atoms with Crippen molar-refractivity contribution < 1.29 is 4.79 Å². The van der Waals surface area contributed by atoms with Crippen LogP contribution in [-0.4, -0.2) is 26.7 Å². The Kier molecular flexibility index (Phi) is 5.86. The maximum absolute atomic E-state index is 13.1. The third-order valence-corrected chi connectivity index (χ3v) is 7.19. The number of nitrogens with one attached hydrogen (secondary N) is 1. The van der Waals surface area contributed by atoms with Crippen molar-refractivity contribution in [2.24, 2.45) is 0 Å². The fourth-order valence-electron chi connectivity index (χ4n) is 3.41. The molecular weight excluding hydrogens is 424 g/mol. The summed E-state index contributed by atoms with van der Waals surface area (Å²) in [6.45, 7) is 0. The number of thiophene rings is 1. The molecule has 1 fully saturated rings. The fourth-order valence-corrected chi connectivity index (χ4v) is 5.19. The first kappa shape index (κ1) is 20.0. The molecule has 2 heterocycles. The molecule has 2 aromatic carbocycles. The summed E-state index contributed by atoms with van der Waals surface area (Å²) in [5.41, 5.74) is 1.96. The molecule has 0 saturated heterocycles. The Hall–Kier alpha value is -2.90. The number of nitrogens with zero attached hydrogens (tertiary/aromatic N) is 3. The summed E-state index contributed by atoms with van der Waals surface area (Å²) in [5, 5.41) is 14.6. The van der Waals surface area contributed by atoms with Crippen LogP contribution in [0.4, 0.5) is 0 Å². The van der Waals surface area contributed by atoms with E-state index in [1.54, 1.807) is 11.3 Å². The predicted molar refractivity (Wildman–Crippen MR) is 125 cm³/mol. The van der Waals surface area contributed by atoms with Crippen molar-refractivity contribution in [3.8, 4) is 5.69 Å². The van der Waals surface area contributed by atoms with Crippen molar-refractivity contribution in [1.29, 1.82) is 0 Å². The third kappa shape index (κ3) is 4.73. The Morgan fingerprint density at radius 1 is 1.03 bits per heavy atom. The van der Waals surface area contributed by atoms with E-state index in [4.69, 9.17) is 0 Å².